The number of hydrogen-bond donors (Lipinski definition) is 2. The van der Waals surface area contributed by atoms with Crippen molar-refractivity contribution in [3.63, 3.8) is 0 Å². The first-order chi connectivity index (χ1) is 13.5. The van der Waals surface area contributed by atoms with Gasteiger partial charge in [-0.3, -0.25) is 14.9 Å². The molecule has 0 atom stereocenters. The van der Waals surface area contributed by atoms with Gasteiger partial charge in [0.15, 0.2) is 0 Å². The molecule has 7 heteroatoms. The highest BCUT2D eigenvalue weighted by Crippen LogP contribution is 2.32. The number of nitrogens with zero attached hydrogens (tertiary/aromatic N) is 2. The van der Waals surface area contributed by atoms with Crippen molar-refractivity contribution in [2.75, 3.05) is 18.0 Å². The van der Waals surface area contributed by atoms with Crippen LogP contribution in [0, 0.1) is 23.0 Å². The number of benzene rings is 2. The lowest BCUT2D eigenvalue weighted by molar-refractivity contribution is -0.384. The van der Waals surface area contributed by atoms with Crippen molar-refractivity contribution in [2.45, 2.75) is 32.9 Å². The smallest absolute Gasteiger partial charge is 0.292 e. The Labute approximate surface area is 164 Å². The van der Waals surface area contributed by atoms with Crippen molar-refractivity contribution in [3.05, 3.63) is 69.3 Å². The van der Waals surface area contributed by atoms with Gasteiger partial charge in [0.05, 0.1) is 11.5 Å². The number of amides is 1. The average molecular weight is 383 g/mol. The molecule has 3 rings (SSSR count). The van der Waals surface area contributed by atoms with E-state index < -0.39 is 4.92 Å². The fourth-order valence-corrected chi connectivity index (χ4v) is 3.50. The number of piperidine rings is 1. The van der Waals surface area contributed by atoms with Crippen LogP contribution in [0.2, 0.25) is 0 Å². The molecule has 28 heavy (non-hydrogen) atoms. The molecule has 0 radical (unpaired) electrons. The Morgan fingerprint density at radius 3 is 2.43 bits per heavy atom. The number of hydrogen-bond acceptors (Lipinski definition) is 5. The first-order valence-electron chi connectivity index (χ1n) is 9.44. The molecular weight excluding hydrogens is 358 g/mol. The second-order valence-corrected chi connectivity index (χ2v) is 7.20. The van der Waals surface area contributed by atoms with Crippen LogP contribution in [0.5, 0.6) is 0 Å². The highest BCUT2D eigenvalue weighted by molar-refractivity contribution is 5.79. The van der Waals surface area contributed by atoms with E-state index >= 15 is 0 Å². The van der Waals surface area contributed by atoms with Crippen molar-refractivity contribution in [1.82, 2.24) is 5.32 Å². The van der Waals surface area contributed by atoms with Crippen LogP contribution in [-0.2, 0) is 17.9 Å². The van der Waals surface area contributed by atoms with Gasteiger partial charge in [0, 0.05) is 31.6 Å². The van der Waals surface area contributed by atoms with Gasteiger partial charge in [-0.2, -0.15) is 0 Å². The number of nitro benzene ring substituents is 1. The second-order valence-electron chi connectivity index (χ2n) is 7.20. The summed E-state index contributed by atoms with van der Waals surface area (Å²) in [6.45, 7) is 3.50. The van der Waals surface area contributed by atoms with Crippen LogP contribution in [0.3, 0.4) is 0 Å². The van der Waals surface area contributed by atoms with Gasteiger partial charge < -0.3 is 15.3 Å². The normalized spacial score (nSPS) is 14.7. The molecule has 2 N–H and O–H groups in total. The Morgan fingerprint density at radius 1 is 1.18 bits per heavy atom. The number of carbonyl (C=O) groups excluding carboxylic acids is 1. The molecule has 2 aromatic rings. The standard InChI is InChI=1S/C21H25N3O4/c1-15-2-4-16(5-3-15)13-22-21(26)18-8-10-23(11-9-18)20-12-17(14-25)6-7-19(20)24(27)28/h2-7,12,18,25H,8-11,13-14H2,1H3,(H,22,26). The molecule has 0 bridgehead atoms. The summed E-state index contributed by atoms with van der Waals surface area (Å²) in [7, 11) is 0. The number of carbonyl (C=O) groups is 1. The summed E-state index contributed by atoms with van der Waals surface area (Å²) in [6, 6.07) is 12.7. The fourth-order valence-electron chi connectivity index (χ4n) is 3.50. The number of anilines is 1. The zero-order valence-corrected chi connectivity index (χ0v) is 15.9. The van der Waals surface area contributed by atoms with E-state index in [-0.39, 0.29) is 24.1 Å². The second kappa shape index (κ2) is 8.84. The summed E-state index contributed by atoms with van der Waals surface area (Å²) in [5.74, 6) is -0.0689. The maximum Gasteiger partial charge on any atom is 0.292 e. The Balaban J connectivity index is 1.59. The Kier molecular flexibility index (Phi) is 6.26. The van der Waals surface area contributed by atoms with Crippen LogP contribution < -0.4 is 10.2 Å². The molecule has 1 fully saturated rings. The molecule has 1 aliphatic rings. The number of aliphatic hydroxyl groups is 1. The minimum atomic E-state index is -0.406. The molecule has 1 saturated heterocycles. The quantitative estimate of drug-likeness (QED) is 0.591. The minimum Gasteiger partial charge on any atom is -0.392 e. The lowest BCUT2D eigenvalue weighted by Crippen LogP contribution is -2.40. The summed E-state index contributed by atoms with van der Waals surface area (Å²) >= 11 is 0. The van der Waals surface area contributed by atoms with Gasteiger partial charge in [-0.1, -0.05) is 29.8 Å². The molecule has 0 saturated carbocycles. The maximum atomic E-state index is 12.5. The van der Waals surface area contributed by atoms with Crippen LogP contribution in [0.1, 0.15) is 29.5 Å². The minimum absolute atomic E-state index is 0.0267. The molecule has 0 aliphatic carbocycles. The van der Waals surface area contributed by atoms with E-state index in [4.69, 9.17) is 0 Å². The number of nitro groups is 1. The van der Waals surface area contributed by atoms with E-state index in [1.807, 2.05) is 36.1 Å². The Bertz CT molecular complexity index is 843. The summed E-state index contributed by atoms with van der Waals surface area (Å²) < 4.78 is 0. The summed E-state index contributed by atoms with van der Waals surface area (Å²) in [4.78, 5) is 25.3. The monoisotopic (exact) mass is 383 g/mol. The summed E-state index contributed by atoms with van der Waals surface area (Å²) in [5.41, 5.74) is 3.42. The molecule has 7 nitrogen and oxygen atoms in total. The third kappa shape index (κ3) is 4.67. The predicted molar refractivity (Wildman–Crippen MR) is 107 cm³/mol. The van der Waals surface area contributed by atoms with Crippen molar-refractivity contribution in [2.24, 2.45) is 5.92 Å². The van der Waals surface area contributed by atoms with Crippen molar-refractivity contribution in [3.8, 4) is 0 Å². The zero-order valence-electron chi connectivity index (χ0n) is 15.9. The molecule has 0 unspecified atom stereocenters. The third-order valence-corrected chi connectivity index (χ3v) is 5.21. The molecule has 1 aliphatic heterocycles. The van der Waals surface area contributed by atoms with Crippen LogP contribution in [0.4, 0.5) is 11.4 Å². The van der Waals surface area contributed by atoms with Gasteiger partial charge in [-0.15, -0.1) is 0 Å². The molecule has 1 heterocycles. The number of nitrogens with one attached hydrogen (secondary N) is 1. The number of rotatable bonds is 6. The summed E-state index contributed by atoms with van der Waals surface area (Å²) in [6.07, 6.45) is 1.28. The summed E-state index contributed by atoms with van der Waals surface area (Å²) in [5, 5.41) is 23.7. The van der Waals surface area contributed by atoms with Crippen LogP contribution in [0.15, 0.2) is 42.5 Å². The van der Waals surface area contributed by atoms with Gasteiger partial charge in [0.2, 0.25) is 5.91 Å². The molecule has 0 aromatic heterocycles. The molecule has 1 amide bonds. The van der Waals surface area contributed by atoms with Crippen LogP contribution in [-0.4, -0.2) is 29.0 Å². The number of aliphatic hydroxyl groups excluding tert-OH is 1. The van der Waals surface area contributed by atoms with Gasteiger partial charge >= 0.3 is 0 Å². The van der Waals surface area contributed by atoms with Gasteiger partial charge in [-0.25, -0.2) is 0 Å². The van der Waals surface area contributed by atoms with E-state index in [0.717, 1.165) is 5.56 Å². The first-order valence-corrected chi connectivity index (χ1v) is 9.44. The average Bonchev–Trinajstić information content (AvgIpc) is 2.72. The Morgan fingerprint density at radius 2 is 1.82 bits per heavy atom. The third-order valence-electron chi connectivity index (χ3n) is 5.21. The topological polar surface area (TPSA) is 95.7 Å². The SMILES string of the molecule is Cc1ccc(CNC(=O)C2CCN(c3cc(CO)ccc3[N+](=O)[O-])CC2)cc1. The lowest BCUT2D eigenvalue weighted by Gasteiger charge is -2.32. The molecule has 148 valence electrons. The predicted octanol–water partition coefficient (Wildman–Crippen LogP) is 2.93. The van der Waals surface area contributed by atoms with Crippen molar-refractivity contribution < 1.29 is 14.8 Å². The van der Waals surface area contributed by atoms with Crippen LogP contribution in [0.25, 0.3) is 0 Å². The largest absolute Gasteiger partial charge is 0.392 e. The van der Waals surface area contributed by atoms with E-state index in [0.29, 0.717) is 43.7 Å². The highest BCUT2D eigenvalue weighted by atomic mass is 16.6. The van der Waals surface area contributed by atoms with E-state index in [9.17, 15) is 20.0 Å². The fraction of sp³-hybridized carbons (Fsp3) is 0.381. The van der Waals surface area contributed by atoms with Crippen molar-refractivity contribution in [1.29, 1.82) is 0 Å². The zero-order chi connectivity index (χ0) is 20.1. The van der Waals surface area contributed by atoms with Gasteiger partial charge in [0.25, 0.3) is 5.69 Å². The highest BCUT2D eigenvalue weighted by Gasteiger charge is 2.28. The maximum absolute atomic E-state index is 12.5. The van der Waals surface area contributed by atoms with E-state index in [1.54, 1.807) is 12.1 Å². The van der Waals surface area contributed by atoms with Gasteiger partial charge in [0.1, 0.15) is 5.69 Å². The molecular formula is C21H25N3O4. The van der Waals surface area contributed by atoms with E-state index in [2.05, 4.69) is 5.32 Å². The van der Waals surface area contributed by atoms with Gasteiger partial charge in [-0.05, 0) is 43.0 Å². The molecule has 2 aromatic carbocycles. The van der Waals surface area contributed by atoms with Crippen molar-refractivity contribution >= 4 is 17.3 Å². The molecule has 0 spiro atoms. The van der Waals surface area contributed by atoms with E-state index in [1.165, 1.54) is 11.6 Å². The lowest BCUT2D eigenvalue weighted by atomic mass is 9.95. The first kappa shape index (κ1) is 19.8. The van der Waals surface area contributed by atoms with Crippen LogP contribution >= 0.6 is 0 Å². The number of aryl methyl sites for hydroxylation is 1. The Hall–Kier alpha value is -2.93.